The van der Waals surface area contributed by atoms with Gasteiger partial charge in [-0.15, -0.1) is 0 Å². The van der Waals surface area contributed by atoms with Crippen molar-refractivity contribution in [3.63, 3.8) is 0 Å². The lowest BCUT2D eigenvalue weighted by molar-refractivity contribution is 0.0967. The molecule has 2 heterocycles. The van der Waals surface area contributed by atoms with Crippen LogP contribution in [0.5, 0.6) is 0 Å². The first kappa shape index (κ1) is 11.0. The Bertz CT molecular complexity index is 400. The third kappa shape index (κ3) is 2.60. The number of ether oxygens (including phenoxy) is 1. The Morgan fingerprint density at radius 1 is 1.41 bits per heavy atom. The second-order valence-corrected chi connectivity index (χ2v) is 5.20. The monoisotopic (exact) mass is 233 g/mol. The van der Waals surface area contributed by atoms with Crippen molar-refractivity contribution in [3.8, 4) is 0 Å². The van der Waals surface area contributed by atoms with Gasteiger partial charge >= 0.3 is 0 Å². The average molecular weight is 233 g/mol. The summed E-state index contributed by atoms with van der Waals surface area (Å²) < 4.78 is 7.72. The van der Waals surface area contributed by atoms with Gasteiger partial charge in [-0.05, 0) is 38.2 Å². The van der Waals surface area contributed by atoms with Gasteiger partial charge in [0.2, 0.25) is 0 Å². The molecular formula is C14H19NO2. The molecule has 0 spiro atoms. The SMILES string of the molecule is O=C(c1ccn(CCC2CCCO2)c1)C1CC1. The highest BCUT2D eigenvalue weighted by molar-refractivity contribution is 5.99. The van der Waals surface area contributed by atoms with E-state index in [2.05, 4.69) is 4.57 Å². The van der Waals surface area contributed by atoms with E-state index in [1.807, 2.05) is 18.5 Å². The Labute approximate surface area is 102 Å². The number of carbonyl (C=O) groups excluding carboxylic acids is 1. The Balaban J connectivity index is 1.54. The summed E-state index contributed by atoms with van der Waals surface area (Å²) in [4.78, 5) is 11.8. The molecule has 3 rings (SSSR count). The lowest BCUT2D eigenvalue weighted by atomic mass is 10.1. The van der Waals surface area contributed by atoms with Crippen molar-refractivity contribution in [2.75, 3.05) is 6.61 Å². The summed E-state index contributed by atoms with van der Waals surface area (Å²) in [5, 5.41) is 0. The Morgan fingerprint density at radius 2 is 2.29 bits per heavy atom. The van der Waals surface area contributed by atoms with Crippen LogP contribution in [0, 0.1) is 5.92 Å². The van der Waals surface area contributed by atoms with E-state index in [9.17, 15) is 4.79 Å². The van der Waals surface area contributed by atoms with E-state index in [1.165, 1.54) is 12.8 Å². The minimum Gasteiger partial charge on any atom is -0.378 e. The fourth-order valence-electron chi connectivity index (χ4n) is 2.47. The number of Topliss-reactive ketones (excluding diaryl/α,β-unsaturated/α-hetero) is 1. The van der Waals surface area contributed by atoms with Crippen LogP contribution in [-0.4, -0.2) is 23.1 Å². The molecule has 0 aromatic carbocycles. The third-order valence-electron chi connectivity index (χ3n) is 3.72. The third-order valence-corrected chi connectivity index (χ3v) is 3.72. The molecule has 1 aliphatic heterocycles. The summed E-state index contributed by atoms with van der Waals surface area (Å²) in [6.07, 6.45) is 10.1. The second-order valence-electron chi connectivity index (χ2n) is 5.20. The predicted molar refractivity (Wildman–Crippen MR) is 65.1 cm³/mol. The number of aromatic nitrogens is 1. The molecule has 1 unspecified atom stereocenters. The number of ketones is 1. The molecular weight excluding hydrogens is 214 g/mol. The lowest BCUT2D eigenvalue weighted by Crippen LogP contribution is -2.09. The molecule has 1 atom stereocenters. The van der Waals surface area contributed by atoms with Crippen LogP contribution in [0.1, 0.15) is 42.5 Å². The summed E-state index contributed by atoms with van der Waals surface area (Å²) >= 11 is 0. The minimum atomic E-state index is 0.323. The maximum Gasteiger partial charge on any atom is 0.167 e. The van der Waals surface area contributed by atoms with Crippen LogP contribution in [-0.2, 0) is 11.3 Å². The van der Waals surface area contributed by atoms with Gasteiger partial charge in [0.15, 0.2) is 5.78 Å². The van der Waals surface area contributed by atoms with Crippen molar-refractivity contribution in [1.82, 2.24) is 4.57 Å². The van der Waals surface area contributed by atoms with Crippen molar-refractivity contribution in [2.45, 2.75) is 44.8 Å². The molecule has 3 nitrogen and oxygen atoms in total. The Hall–Kier alpha value is -1.09. The molecule has 3 heteroatoms. The zero-order valence-electron chi connectivity index (χ0n) is 10.1. The van der Waals surface area contributed by atoms with Crippen molar-refractivity contribution >= 4 is 5.78 Å². The van der Waals surface area contributed by atoms with E-state index in [1.54, 1.807) is 0 Å². The number of aryl methyl sites for hydroxylation is 1. The summed E-state index contributed by atoms with van der Waals surface area (Å²) in [6, 6.07) is 1.95. The summed E-state index contributed by atoms with van der Waals surface area (Å²) in [6.45, 7) is 1.88. The molecule has 2 fully saturated rings. The number of nitrogens with zero attached hydrogens (tertiary/aromatic N) is 1. The van der Waals surface area contributed by atoms with Crippen molar-refractivity contribution in [1.29, 1.82) is 0 Å². The van der Waals surface area contributed by atoms with Gasteiger partial charge in [0, 0.05) is 37.0 Å². The number of rotatable bonds is 5. The first-order valence-corrected chi connectivity index (χ1v) is 6.64. The van der Waals surface area contributed by atoms with Crippen LogP contribution in [0.2, 0.25) is 0 Å². The molecule has 1 saturated carbocycles. The number of hydrogen-bond acceptors (Lipinski definition) is 2. The molecule has 0 amide bonds. The van der Waals surface area contributed by atoms with Gasteiger partial charge < -0.3 is 9.30 Å². The smallest absolute Gasteiger partial charge is 0.167 e. The van der Waals surface area contributed by atoms with E-state index in [0.717, 1.165) is 38.0 Å². The highest BCUT2D eigenvalue weighted by Gasteiger charge is 2.30. The molecule has 0 N–H and O–H groups in total. The fraction of sp³-hybridized carbons (Fsp3) is 0.643. The highest BCUT2D eigenvalue weighted by Crippen LogP contribution is 2.32. The first-order valence-electron chi connectivity index (χ1n) is 6.64. The van der Waals surface area contributed by atoms with Crippen molar-refractivity contribution in [2.24, 2.45) is 5.92 Å². The largest absolute Gasteiger partial charge is 0.378 e. The normalized spacial score (nSPS) is 24.1. The maximum atomic E-state index is 11.8. The Kier molecular flexibility index (Phi) is 3.02. The van der Waals surface area contributed by atoms with Crippen molar-refractivity contribution in [3.05, 3.63) is 24.0 Å². The highest BCUT2D eigenvalue weighted by atomic mass is 16.5. The van der Waals surface area contributed by atoms with E-state index >= 15 is 0 Å². The van der Waals surface area contributed by atoms with Crippen LogP contribution in [0.15, 0.2) is 18.5 Å². The molecule has 0 radical (unpaired) electrons. The standard InChI is InChI=1S/C14H19NO2/c16-14(11-3-4-11)12-5-7-15(10-12)8-6-13-2-1-9-17-13/h5,7,10-11,13H,1-4,6,8-9H2. The van der Waals surface area contributed by atoms with Gasteiger partial charge in [-0.25, -0.2) is 0 Å². The molecule has 0 bridgehead atoms. The fourth-order valence-corrected chi connectivity index (χ4v) is 2.47. The quantitative estimate of drug-likeness (QED) is 0.732. The van der Waals surface area contributed by atoms with E-state index in [0.29, 0.717) is 17.8 Å². The summed E-state index contributed by atoms with van der Waals surface area (Å²) in [5.41, 5.74) is 0.889. The topological polar surface area (TPSA) is 31.2 Å². The number of carbonyl (C=O) groups is 1. The van der Waals surface area contributed by atoms with Crippen LogP contribution < -0.4 is 0 Å². The van der Waals surface area contributed by atoms with Crippen LogP contribution in [0.3, 0.4) is 0 Å². The molecule has 2 aliphatic rings. The molecule has 1 aromatic heterocycles. The van der Waals surface area contributed by atoms with Crippen molar-refractivity contribution < 1.29 is 9.53 Å². The van der Waals surface area contributed by atoms with Crippen LogP contribution >= 0.6 is 0 Å². The maximum absolute atomic E-state index is 11.8. The lowest BCUT2D eigenvalue weighted by Gasteiger charge is -2.09. The Morgan fingerprint density at radius 3 is 3.00 bits per heavy atom. The molecule has 92 valence electrons. The van der Waals surface area contributed by atoms with Gasteiger partial charge in [0.1, 0.15) is 0 Å². The molecule has 17 heavy (non-hydrogen) atoms. The molecule has 1 aromatic rings. The zero-order valence-corrected chi connectivity index (χ0v) is 10.1. The second kappa shape index (κ2) is 4.65. The van der Waals surface area contributed by atoms with Gasteiger partial charge in [-0.2, -0.15) is 0 Å². The van der Waals surface area contributed by atoms with E-state index < -0.39 is 0 Å². The van der Waals surface area contributed by atoms with Crippen LogP contribution in [0.25, 0.3) is 0 Å². The summed E-state index contributed by atoms with van der Waals surface area (Å²) in [5.74, 6) is 0.657. The summed E-state index contributed by atoms with van der Waals surface area (Å²) in [7, 11) is 0. The average Bonchev–Trinajstić information content (AvgIpc) is 2.88. The zero-order chi connectivity index (χ0) is 11.7. The van der Waals surface area contributed by atoms with E-state index in [-0.39, 0.29) is 0 Å². The number of hydrogen-bond donors (Lipinski definition) is 0. The molecule has 1 saturated heterocycles. The van der Waals surface area contributed by atoms with Gasteiger partial charge in [0.05, 0.1) is 6.10 Å². The predicted octanol–water partition coefficient (Wildman–Crippen LogP) is 2.65. The van der Waals surface area contributed by atoms with Gasteiger partial charge in [-0.1, -0.05) is 0 Å². The molecule has 1 aliphatic carbocycles. The van der Waals surface area contributed by atoms with E-state index in [4.69, 9.17) is 4.74 Å². The van der Waals surface area contributed by atoms with Gasteiger partial charge in [0.25, 0.3) is 0 Å². The van der Waals surface area contributed by atoms with Gasteiger partial charge in [-0.3, -0.25) is 4.79 Å². The van der Waals surface area contributed by atoms with Crippen LogP contribution in [0.4, 0.5) is 0 Å². The first-order chi connectivity index (χ1) is 8.33. The minimum absolute atomic E-state index is 0.323.